The van der Waals surface area contributed by atoms with Gasteiger partial charge in [-0.1, -0.05) is 6.92 Å². The number of methoxy groups -OCH3 is 1. The molecule has 1 heterocycles. The minimum absolute atomic E-state index is 0.777. The second-order valence-electron chi connectivity index (χ2n) is 4.47. The molecule has 1 N–H and O–H groups in total. The molecule has 1 aliphatic heterocycles. The lowest BCUT2D eigenvalue weighted by atomic mass is 10.1. The van der Waals surface area contributed by atoms with Crippen molar-refractivity contribution in [2.75, 3.05) is 33.4 Å². The van der Waals surface area contributed by atoms with Crippen molar-refractivity contribution in [3.8, 4) is 0 Å². The van der Waals surface area contributed by atoms with Gasteiger partial charge in [-0.2, -0.15) is 0 Å². The van der Waals surface area contributed by atoms with Gasteiger partial charge in [0.25, 0.3) is 0 Å². The van der Waals surface area contributed by atoms with Crippen LogP contribution in [0.15, 0.2) is 0 Å². The summed E-state index contributed by atoms with van der Waals surface area (Å²) in [5.74, 6) is 0. The molecule has 3 heteroatoms. The molecule has 2 atom stereocenters. The van der Waals surface area contributed by atoms with Crippen molar-refractivity contribution < 1.29 is 4.74 Å². The maximum Gasteiger partial charge on any atom is 0.0587 e. The fraction of sp³-hybridized carbons (Fsp3) is 1.00. The SMILES string of the molecule is CCC1CCC(C)N1CCNCCOC. The molecule has 1 saturated heterocycles. The first-order valence-corrected chi connectivity index (χ1v) is 6.25. The third-order valence-corrected chi connectivity index (χ3v) is 3.45. The first-order valence-electron chi connectivity index (χ1n) is 6.25. The molecule has 0 aromatic heterocycles. The van der Waals surface area contributed by atoms with Crippen LogP contribution < -0.4 is 5.32 Å². The van der Waals surface area contributed by atoms with Crippen molar-refractivity contribution in [3.63, 3.8) is 0 Å². The van der Waals surface area contributed by atoms with E-state index in [0.717, 1.165) is 31.8 Å². The Morgan fingerprint density at radius 3 is 2.80 bits per heavy atom. The Morgan fingerprint density at radius 1 is 1.33 bits per heavy atom. The van der Waals surface area contributed by atoms with Crippen LogP contribution in [0.25, 0.3) is 0 Å². The van der Waals surface area contributed by atoms with Crippen LogP contribution in [0.3, 0.4) is 0 Å². The molecule has 0 radical (unpaired) electrons. The highest BCUT2D eigenvalue weighted by Crippen LogP contribution is 2.24. The summed E-state index contributed by atoms with van der Waals surface area (Å²) in [7, 11) is 1.75. The molecule has 15 heavy (non-hydrogen) atoms. The highest BCUT2D eigenvalue weighted by molar-refractivity contribution is 4.84. The van der Waals surface area contributed by atoms with Gasteiger partial charge in [0.1, 0.15) is 0 Å². The lowest BCUT2D eigenvalue weighted by Crippen LogP contribution is -2.39. The molecular formula is C12H26N2O. The molecule has 0 amide bonds. The minimum atomic E-state index is 0.777. The number of ether oxygens (including phenoxy) is 1. The van der Waals surface area contributed by atoms with Gasteiger partial charge in [-0.25, -0.2) is 0 Å². The standard InChI is InChI=1S/C12H26N2O/c1-4-12-6-5-11(2)14(12)9-7-13-8-10-15-3/h11-13H,4-10H2,1-3H3. The molecular weight excluding hydrogens is 188 g/mol. The van der Waals surface area contributed by atoms with E-state index in [1.165, 1.54) is 25.8 Å². The largest absolute Gasteiger partial charge is 0.383 e. The normalized spacial score (nSPS) is 27.4. The molecule has 90 valence electrons. The van der Waals surface area contributed by atoms with Gasteiger partial charge < -0.3 is 10.1 Å². The van der Waals surface area contributed by atoms with Crippen LogP contribution in [0.2, 0.25) is 0 Å². The minimum Gasteiger partial charge on any atom is -0.383 e. The highest BCUT2D eigenvalue weighted by Gasteiger charge is 2.28. The van der Waals surface area contributed by atoms with E-state index in [4.69, 9.17) is 4.74 Å². The molecule has 1 fully saturated rings. The Balaban J connectivity index is 2.13. The van der Waals surface area contributed by atoms with Gasteiger partial charge in [0, 0.05) is 38.8 Å². The molecule has 0 spiro atoms. The Labute approximate surface area is 94.2 Å². The van der Waals surface area contributed by atoms with Crippen LogP contribution in [0.1, 0.15) is 33.1 Å². The van der Waals surface area contributed by atoms with Gasteiger partial charge in [0.15, 0.2) is 0 Å². The van der Waals surface area contributed by atoms with E-state index in [2.05, 4.69) is 24.1 Å². The van der Waals surface area contributed by atoms with E-state index in [9.17, 15) is 0 Å². The van der Waals surface area contributed by atoms with Crippen LogP contribution >= 0.6 is 0 Å². The van der Waals surface area contributed by atoms with E-state index in [0.29, 0.717) is 0 Å². The van der Waals surface area contributed by atoms with Crippen LogP contribution in [0.5, 0.6) is 0 Å². The summed E-state index contributed by atoms with van der Waals surface area (Å²) >= 11 is 0. The van der Waals surface area contributed by atoms with Crippen LogP contribution in [-0.2, 0) is 4.74 Å². The summed E-state index contributed by atoms with van der Waals surface area (Å²) in [4.78, 5) is 2.65. The van der Waals surface area contributed by atoms with Gasteiger partial charge in [-0.05, 0) is 26.2 Å². The van der Waals surface area contributed by atoms with E-state index < -0.39 is 0 Å². The predicted octanol–water partition coefficient (Wildman–Crippen LogP) is 1.49. The molecule has 1 aliphatic rings. The number of hydrogen-bond donors (Lipinski definition) is 1. The highest BCUT2D eigenvalue weighted by atomic mass is 16.5. The first-order chi connectivity index (χ1) is 7.29. The molecule has 0 bridgehead atoms. The van der Waals surface area contributed by atoms with E-state index in [-0.39, 0.29) is 0 Å². The molecule has 0 saturated carbocycles. The fourth-order valence-corrected chi connectivity index (χ4v) is 2.47. The number of likely N-dealkylation sites (tertiary alicyclic amines) is 1. The maximum atomic E-state index is 5.00. The van der Waals surface area contributed by atoms with E-state index in [1.807, 2.05) is 0 Å². The monoisotopic (exact) mass is 214 g/mol. The van der Waals surface area contributed by atoms with Crippen molar-refractivity contribution in [1.29, 1.82) is 0 Å². The summed E-state index contributed by atoms with van der Waals surface area (Å²) in [6.07, 6.45) is 4.05. The molecule has 0 aromatic carbocycles. The summed E-state index contributed by atoms with van der Waals surface area (Å²) in [6.45, 7) is 8.70. The predicted molar refractivity (Wildman–Crippen MR) is 64.2 cm³/mol. The zero-order chi connectivity index (χ0) is 11.1. The van der Waals surface area contributed by atoms with Crippen molar-refractivity contribution in [1.82, 2.24) is 10.2 Å². The zero-order valence-electron chi connectivity index (χ0n) is 10.5. The summed E-state index contributed by atoms with van der Waals surface area (Å²) in [5, 5.41) is 3.41. The molecule has 1 rings (SSSR count). The smallest absolute Gasteiger partial charge is 0.0587 e. The third-order valence-electron chi connectivity index (χ3n) is 3.45. The van der Waals surface area contributed by atoms with E-state index >= 15 is 0 Å². The van der Waals surface area contributed by atoms with Gasteiger partial charge in [0.2, 0.25) is 0 Å². The number of nitrogens with one attached hydrogen (secondary N) is 1. The van der Waals surface area contributed by atoms with Crippen LogP contribution in [0, 0.1) is 0 Å². The first kappa shape index (κ1) is 12.9. The molecule has 2 unspecified atom stereocenters. The lowest BCUT2D eigenvalue weighted by molar-refractivity contribution is 0.184. The second kappa shape index (κ2) is 7.20. The Morgan fingerprint density at radius 2 is 2.13 bits per heavy atom. The van der Waals surface area contributed by atoms with Gasteiger partial charge in [-0.3, -0.25) is 4.90 Å². The Bertz CT molecular complexity index is 164. The average Bonchev–Trinajstić information content (AvgIpc) is 2.60. The Kier molecular flexibility index (Phi) is 6.22. The van der Waals surface area contributed by atoms with Crippen molar-refractivity contribution in [2.45, 2.75) is 45.2 Å². The fourth-order valence-electron chi connectivity index (χ4n) is 2.47. The van der Waals surface area contributed by atoms with Crippen molar-refractivity contribution in [2.24, 2.45) is 0 Å². The topological polar surface area (TPSA) is 24.5 Å². The number of rotatable bonds is 7. The lowest BCUT2D eigenvalue weighted by Gasteiger charge is -2.27. The van der Waals surface area contributed by atoms with Gasteiger partial charge >= 0.3 is 0 Å². The van der Waals surface area contributed by atoms with E-state index in [1.54, 1.807) is 7.11 Å². The van der Waals surface area contributed by atoms with Crippen molar-refractivity contribution in [3.05, 3.63) is 0 Å². The summed E-state index contributed by atoms with van der Waals surface area (Å²) in [6, 6.07) is 1.60. The summed E-state index contributed by atoms with van der Waals surface area (Å²) < 4.78 is 5.00. The maximum absolute atomic E-state index is 5.00. The van der Waals surface area contributed by atoms with Crippen molar-refractivity contribution >= 4 is 0 Å². The van der Waals surface area contributed by atoms with Gasteiger partial charge in [0.05, 0.1) is 6.61 Å². The van der Waals surface area contributed by atoms with Crippen LogP contribution in [-0.4, -0.2) is 50.3 Å². The van der Waals surface area contributed by atoms with Crippen LogP contribution in [0.4, 0.5) is 0 Å². The quantitative estimate of drug-likeness (QED) is 0.650. The Hall–Kier alpha value is -0.120. The summed E-state index contributed by atoms with van der Waals surface area (Å²) in [5.41, 5.74) is 0. The second-order valence-corrected chi connectivity index (χ2v) is 4.47. The third kappa shape index (κ3) is 4.09. The molecule has 0 aliphatic carbocycles. The zero-order valence-corrected chi connectivity index (χ0v) is 10.5. The van der Waals surface area contributed by atoms with Gasteiger partial charge in [-0.15, -0.1) is 0 Å². The molecule has 3 nitrogen and oxygen atoms in total. The number of nitrogens with zero attached hydrogens (tertiary/aromatic N) is 1. The average molecular weight is 214 g/mol. The molecule has 0 aromatic rings. The number of hydrogen-bond acceptors (Lipinski definition) is 3.